The zero-order valence-corrected chi connectivity index (χ0v) is 9.80. The van der Waals surface area contributed by atoms with E-state index in [-0.39, 0.29) is 4.91 Å². The summed E-state index contributed by atoms with van der Waals surface area (Å²) in [4.78, 5) is 0.0965. The average molecular weight is 212 g/mol. The first-order chi connectivity index (χ1) is 6.00. The van der Waals surface area contributed by atoms with Gasteiger partial charge in [0, 0.05) is 15.8 Å². The highest BCUT2D eigenvalue weighted by atomic mass is 32.2. The summed E-state index contributed by atoms with van der Waals surface area (Å²) in [5.74, 6) is 0. The summed E-state index contributed by atoms with van der Waals surface area (Å²) < 4.78 is 31.0. The highest BCUT2D eigenvalue weighted by molar-refractivity contribution is 7.90. The number of fused-ring (bicyclic) bond motifs is 1. The Bertz CT molecular complexity index is 491. The maximum absolute atomic E-state index is 11.0. The molecule has 5 heteroatoms. The predicted molar refractivity (Wildman–Crippen MR) is 53.8 cm³/mol. The molecule has 0 bridgehead atoms. The molecule has 0 atom stereocenters. The van der Waals surface area contributed by atoms with Crippen molar-refractivity contribution in [3.63, 3.8) is 0 Å². The maximum Gasteiger partial charge on any atom is 0.294 e. The fourth-order valence-electron chi connectivity index (χ4n) is 1.62. The van der Waals surface area contributed by atoms with E-state index >= 15 is 0 Å². The lowest BCUT2D eigenvalue weighted by atomic mass is 10.2. The van der Waals surface area contributed by atoms with Crippen LogP contribution in [-0.4, -0.2) is 23.2 Å². The first-order valence-electron chi connectivity index (χ1n) is 3.79. The Morgan fingerprint density at radius 2 is 2.08 bits per heavy atom. The zero-order valence-electron chi connectivity index (χ0n) is 6.98. The van der Waals surface area contributed by atoms with Gasteiger partial charge in [-0.05, 0) is 10.8 Å². The van der Waals surface area contributed by atoms with E-state index in [1.54, 1.807) is 12.2 Å². The molecule has 0 fully saturated rings. The van der Waals surface area contributed by atoms with Crippen molar-refractivity contribution in [2.75, 3.05) is 0 Å². The Morgan fingerprint density at radius 1 is 1.38 bits per heavy atom. The Morgan fingerprint density at radius 3 is 2.69 bits per heavy atom. The van der Waals surface area contributed by atoms with Crippen molar-refractivity contribution >= 4 is 20.4 Å². The minimum atomic E-state index is -4.05. The number of hydrogen-bond acceptors (Lipinski definition) is 2. The van der Waals surface area contributed by atoms with Crippen LogP contribution in [0.1, 0.15) is 0 Å². The molecule has 2 aliphatic carbocycles. The maximum atomic E-state index is 11.0. The Hall–Kier alpha value is -0.913. The van der Waals surface area contributed by atoms with E-state index in [2.05, 4.69) is 0 Å². The van der Waals surface area contributed by atoms with Crippen molar-refractivity contribution in [2.24, 2.45) is 0 Å². The van der Waals surface area contributed by atoms with Gasteiger partial charge in [-0.1, -0.05) is 24.3 Å². The van der Waals surface area contributed by atoms with E-state index in [0.29, 0.717) is 15.8 Å². The Labute approximate surface area is 79.3 Å². The molecule has 0 amide bonds. The molecule has 3 nitrogen and oxygen atoms in total. The summed E-state index contributed by atoms with van der Waals surface area (Å²) in [5.41, 5.74) is 1.52. The van der Waals surface area contributed by atoms with Gasteiger partial charge in [0.15, 0.2) is 0 Å². The summed E-state index contributed by atoms with van der Waals surface area (Å²) in [6, 6.07) is 0. The summed E-state index contributed by atoms with van der Waals surface area (Å²) in [7, 11) is -3.43. The van der Waals surface area contributed by atoms with Gasteiger partial charge in [-0.2, -0.15) is 8.42 Å². The third-order valence-corrected chi connectivity index (χ3v) is 4.29. The quantitative estimate of drug-likeness (QED) is 0.487. The fourth-order valence-corrected chi connectivity index (χ4v) is 3.90. The van der Waals surface area contributed by atoms with E-state index in [9.17, 15) is 8.42 Å². The third kappa shape index (κ3) is 1.25. The highest BCUT2D eigenvalue weighted by Gasteiger charge is 2.28. The van der Waals surface area contributed by atoms with Crippen LogP contribution in [0, 0.1) is 0 Å². The van der Waals surface area contributed by atoms with Crippen molar-refractivity contribution in [2.45, 2.75) is 0 Å². The normalized spacial score (nSPS) is 20.7. The van der Waals surface area contributed by atoms with Crippen molar-refractivity contribution < 1.29 is 13.0 Å². The molecule has 0 aromatic heterocycles. The zero-order chi connectivity index (χ0) is 9.64. The summed E-state index contributed by atoms with van der Waals surface area (Å²) in [5, 5.41) is 0.730. The minimum absolute atomic E-state index is 0.0965. The molecule has 0 heterocycles. The van der Waals surface area contributed by atoms with Gasteiger partial charge >= 0.3 is 0 Å². The highest BCUT2D eigenvalue weighted by Crippen LogP contribution is 2.36. The largest absolute Gasteiger partial charge is 0.294 e. The fraction of sp³-hybridized carbons (Fsp3) is 0. The van der Waals surface area contributed by atoms with E-state index in [0.717, 1.165) is 10.8 Å². The van der Waals surface area contributed by atoms with Crippen LogP contribution in [0.5, 0.6) is 0 Å². The topological polar surface area (TPSA) is 54.4 Å². The van der Waals surface area contributed by atoms with Crippen molar-refractivity contribution in [3.8, 4) is 0 Å². The van der Waals surface area contributed by atoms with Gasteiger partial charge in [-0.15, -0.1) is 0 Å². The van der Waals surface area contributed by atoms with Gasteiger partial charge in [0.25, 0.3) is 10.1 Å². The molecule has 0 saturated carbocycles. The van der Waals surface area contributed by atoms with E-state index < -0.39 is 10.1 Å². The van der Waals surface area contributed by atoms with Crippen LogP contribution in [0.3, 0.4) is 0 Å². The van der Waals surface area contributed by atoms with Crippen LogP contribution in [0.4, 0.5) is 0 Å². The molecule has 0 saturated heterocycles. The third-order valence-electron chi connectivity index (χ3n) is 2.08. The molecule has 0 radical (unpaired) electrons. The first kappa shape index (κ1) is 8.67. The van der Waals surface area contributed by atoms with Crippen LogP contribution in [0.15, 0.2) is 45.6 Å². The first-order valence-corrected chi connectivity index (χ1v) is 6.23. The Balaban J connectivity index is 2.62. The number of hydrogen-bond donors (Lipinski definition) is 1. The van der Waals surface area contributed by atoms with Crippen LogP contribution in [-0.2, 0) is 10.1 Å². The number of rotatable bonds is 1. The van der Waals surface area contributed by atoms with Crippen molar-refractivity contribution in [1.82, 2.24) is 0 Å². The smallest absolute Gasteiger partial charge is 0.282 e. The second kappa shape index (κ2) is 2.54. The standard InChI is InChI=1S/C8H8O3SSi/c9-12(10,11)8-6-3-1-2-5(6)4-7(8)13/h1-4H,13H3,(H,9,10,11). The molecular weight excluding hydrogens is 204 g/mol. The summed E-state index contributed by atoms with van der Waals surface area (Å²) in [6.07, 6.45) is 7.14. The molecule has 0 aliphatic heterocycles. The lowest BCUT2D eigenvalue weighted by Gasteiger charge is -2.01. The Kier molecular flexibility index (Phi) is 1.69. The molecule has 13 heavy (non-hydrogen) atoms. The molecule has 68 valence electrons. The van der Waals surface area contributed by atoms with E-state index in [1.165, 1.54) is 0 Å². The molecule has 1 N–H and O–H groups in total. The average Bonchev–Trinajstić information content (AvgIpc) is 2.41. The van der Waals surface area contributed by atoms with Crippen molar-refractivity contribution in [1.29, 1.82) is 0 Å². The van der Waals surface area contributed by atoms with E-state index in [1.807, 2.05) is 12.2 Å². The number of allylic oxidation sites excluding steroid dienone is 7. The van der Waals surface area contributed by atoms with Gasteiger partial charge < -0.3 is 0 Å². The van der Waals surface area contributed by atoms with Crippen LogP contribution >= 0.6 is 0 Å². The van der Waals surface area contributed by atoms with Crippen LogP contribution < -0.4 is 0 Å². The SMILES string of the molecule is O=S(=O)(O)C1=C([SiH3])C=C2C=CC=C21. The monoisotopic (exact) mass is 212 g/mol. The molecule has 0 aromatic carbocycles. The van der Waals surface area contributed by atoms with Crippen molar-refractivity contribution in [3.05, 3.63) is 45.6 Å². The lowest BCUT2D eigenvalue weighted by Crippen LogP contribution is -2.04. The van der Waals surface area contributed by atoms with E-state index in [4.69, 9.17) is 4.55 Å². The summed E-state index contributed by atoms with van der Waals surface area (Å²) in [6.45, 7) is 0. The second-order valence-electron chi connectivity index (χ2n) is 3.03. The minimum Gasteiger partial charge on any atom is -0.282 e. The van der Waals surface area contributed by atoms with Gasteiger partial charge in [-0.3, -0.25) is 4.55 Å². The van der Waals surface area contributed by atoms with Gasteiger partial charge in [0.05, 0.1) is 4.91 Å². The molecule has 2 rings (SSSR count). The lowest BCUT2D eigenvalue weighted by molar-refractivity contribution is 0.492. The molecule has 2 aliphatic rings. The second-order valence-corrected chi connectivity index (χ2v) is 5.46. The predicted octanol–water partition coefficient (Wildman–Crippen LogP) is -0.113. The summed E-state index contributed by atoms with van der Waals surface area (Å²) >= 11 is 0. The van der Waals surface area contributed by atoms with Gasteiger partial charge in [0.2, 0.25) is 0 Å². The van der Waals surface area contributed by atoms with Crippen LogP contribution in [0.2, 0.25) is 0 Å². The molecular formula is C8H8O3SSi. The molecule has 0 aromatic rings. The molecule has 0 unspecified atom stereocenters. The van der Waals surface area contributed by atoms with Gasteiger partial charge in [-0.25, -0.2) is 0 Å². The molecule has 0 spiro atoms. The van der Waals surface area contributed by atoms with Crippen LogP contribution in [0.25, 0.3) is 0 Å². The van der Waals surface area contributed by atoms with Gasteiger partial charge in [0.1, 0.15) is 0 Å².